The predicted octanol–water partition coefficient (Wildman–Crippen LogP) is 3.75. The van der Waals surface area contributed by atoms with Gasteiger partial charge in [0.2, 0.25) is 6.79 Å². The van der Waals surface area contributed by atoms with Crippen LogP contribution in [0.4, 0.5) is 0 Å². The van der Waals surface area contributed by atoms with Gasteiger partial charge in [-0.3, -0.25) is 4.79 Å². The van der Waals surface area contributed by atoms with Crippen molar-refractivity contribution in [1.29, 1.82) is 0 Å². The Labute approximate surface area is 174 Å². The molecule has 0 atom stereocenters. The number of phenols is 1. The van der Waals surface area contributed by atoms with Crippen molar-refractivity contribution in [1.82, 2.24) is 5.32 Å². The van der Waals surface area contributed by atoms with Crippen LogP contribution in [0.1, 0.15) is 28.8 Å². The van der Waals surface area contributed by atoms with Crippen LogP contribution >= 0.6 is 0 Å². The minimum Gasteiger partial charge on any atom is -0.507 e. The van der Waals surface area contributed by atoms with E-state index in [2.05, 4.69) is 5.32 Å². The molecule has 0 aliphatic carbocycles. The van der Waals surface area contributed by atoms with Crippen LogP contribution in [-0.2, 0) is 10.2 Å². The Bertz CT molecular complexity index is 1100. The molecule has 1 amide bonds. The second kappa shape index (κ2) is 7.54. The van der Waals surface area contributed by atoms with Crippen LogP contribution in [0, 0.1) is 0 Å². The van der Waals surface area contributed by atoms with E-state index < -0.39 is 0 Å². The first-order valence-electron chi connectivity index (χ1n) is 10.1. The van der Waals surface area contributed by atoms with Crippen LogP contribution in [0.5, 0.6) is 17.2 Å². The number of phenolic OH excluding ortho intramolecular Hbond substituents is 1. The Kier molecular flexibility index (Phi) is 4.71. The van der Waals surface area contributed by atoms with Crippen molar-refractivity contribution < 1.29 is 24.1 Å². The lowest BCUT2D eigenvalue weighted by molar-refractivity contribution is 0.0486. The van der Waals surface area contributed by atoms with Crippen molar-refractivity contribution in [2.45, 2.75) is 18.3 Å². The fourth-order valence-electron chi connectivity index (χ4n) is 4.31. The van der Waals surface area contributed by atoms with Gasteiger partial charge in [0.25, 0.3) is 5.91 Å². The lowest BCUT2D eigenvalue weighted by atomic mass is 9.74. The molecule has 2 N–H and O–H groups in total. The van der Waals surface area contributed by atoms with Gasteiger partial charge in [0.05, 0.1) is 5.56 Å². The topological polar surface area (TPSA) is 77.0 Å². The molecule has 2 heterocycles. The van der Waals surface area contributed by atoms with E-state index in [0.717, 1.165) is 40.7 Å². The van der Waals surface area contributed by atoms with Gasteiger partial charge < -0.3 is 24.6 Å². The molecule has 6 heteroatoms. The molecule has 30 heavy (non-hydrogen) atoms. The molecule has 3 aromatic carbocycles. The Balaban J connectivity index is 1.41. The van der Waals surface area contributed by atoms with Gasteiger partial charge in [-0.25, -0.2) is 0 Å². The first kappa shape index (κ1) is 18.8. The van der Waals surface area contributed by atoms with E-state index in [1.54, 1.807) is 12.1 Å². The van der Waals surface area contributed by atoms with Gasteiger partial charge in [-0.05, 0) is 53.4 Å². The fraction of sp³-hybridized carbons (Fsp3) is 0.292. The zero-order valence-electron chi connectivity index (χ0n) is 16.5. The average Bonchev–Trinajstić information content (AvgIpc) is 3.25. The monoisotopic (exact) mass is 405 g/mol. The molecule has 6 nitrogen and oxygen atoms in total. The van der Waals surface area contributed by atoms with Crippen molar-refractivity contribution in [3.8, 4) is 17.2 Å². The molecule has 1 fully saturated rings. The van der Waals surface area contributed by atoms with Gasteiger partial charge in [0.1, 0.15) is 5.75 Å². The van der Waals surface area contributed by atoms with E-state index in [4.69, 9.17) is 14.2 Å². The van der Waals surface area contributed by atoms with Gasteiger partial charge in [-0.1, -0.05) is 30.3 Å². The van der Waals surface area contributed by atoms with E-state index in [1.165, 1.54) is 0 Å². The lowest BCUT2D eigenvalue weighted by Crippen LogP contribution is -2.44. The fourth-order valence-corrected chi connectivity index (χ4v) is 4.31. The van der Waals surface area contributed by atoms with E-state index in [0.29, 0.717) is 19.8 Å². The highest BCUT2D eigenvalue weighted by Crippen LogP contribution is 2.40. The minimum absolute atomic E-state index is 0.0182. The van der Waals surface area contributed by atoms with Crippen LogP contribution in [0.2, 0.25) is 0 Å². The standard InChI is InChI=1S/C24H23NO5/c26-20-12-17-4-2-1-3-16(17)11-19(20)23(27)25-14-24(7-9-28-10-8-24)18-5-6-21-22(13-18)30-15-29-21/h1-6,11-13,26H,7-10,14-15H2,(H,25,27). The molecular formula is C24H23NO5. The number of rotatable bonds is 4. The lowest BCUT2D eigenvalue weighted by Gasteiger charge is -2.38. The highest BCUT2D eigenvalue weighted by Gasteiger charge is 2.36. The van der Waals surface area contributed by atoms with Crippen molar-refractivity contribution in [2.75, 3.05) is 26.6 Å². The van der Waals surface area contributed by atoms with Crippen molar-refractivity contribution >= 4 is 16.7 Å². The van der Waals surface area contributed by atoms with E-state index >= 15 is 0 Å². The smallest absolute Gasteiger partial charge is 0.255 e. The second-order valence-corrected chi connectivity index (χ2v) is 7.86. The molecule has 0 aromatic heterocycles. The molecule has 0 radical (unpaired) electrons. The summed E-state index contributed by atoms with van der Waals surface area (Å²) >= 11 is 0. The van der Waals surface area contributed by atoms with Crippen molar-refractivity contribution in [3.63, 3.8) is 0 Å². The van der Waals surface area contributed by atoms with Crippen LogP contribution in [0.3, 0.4) is 0 Å². The normalized spacial score (nSPS) is 17.1. The largest absolute Gasteiger partial charge is 0.507 e. The maximum Gasteiger partial charge on any atom is 0.255 e. The van der Waals surface area contributed by atoms with Crippen LogP contribution < -0.4 is 14.8 Å². The molecule has 2 aliphatic heterocycles. The Morgan fingerprint density at radius 3 is 2.50 bits per heavy atom. The quantitative estimate of drug-likeness (QED) is 0.691. The highest BCUT2D eigenvalue weighted by molar-refractivity contribution is 6.01. The Hall–Kier alpha value is -3.25. The highest BCUT2D eigenvalue weighted by atomic mass is 16.7. The molecule has 3 aromatic rings. The van der Waals surface area contributed by atoms with Crippen molar-refractivity contribution in [3.05, 3.63) is 65.7 Å². The third-order valence-electron chi connectivity index (χ3n) is 6.13. The van der Waals surface area contributed by atoms with E-state index in [9.17, 15) is 9.90 Å². The van der Waals surface area contributed by atoms with E-state index in [1.807, 2.05) is 42.5 Å². The van der Waals surface area contributed by atoms with Crippen LogP contribution in [0.25, 0.3) is 10.8 Å². The number of fused-ring (bicyclic) bond motifs is 2. The summed E-state index contributed by atoms with van der Waals surface area (Å²) in [6.07, 6.45) is 1.58. The maximum absolute atomic E-state index is 13.0. The summed E-state index contributed by atoms with van der Waals surface area (Å²) in [7, 11) is 0. The third-order valence-corrected chi connectivity index (χ3v) is 6.13. The summed E-state index contributed by atoms with van der Waals surface area (Å²) in [5.41, 5.74) is 1.11. The van der Waals surface area contributed by atoms with Gasteiger partial charge in [0, 0.05) is 25.2 Å². The molecule has 1 saturated heterocycles. The molecule has 0 spiro atoms. The molecule has 154 valence electrons. The average molecular weight is 405 g/mol. The minimum atomic E-state index is -0.287. The van der Waals surface area contributed by atoms with Gasteiger partial charge >= 0.3 is 0 Å². The van der Waals surface area contributed by atoms with Crippen LogP contribution in [0.15, 0.2) is 54.6 Å². The first-order valence-corrected chi connectivity index (χ1v) is 10.1. The predicted molar refractivity (Wildman–Crippen MR) is 112 cm³/mol. The summed E-state index contributed by atoms with van der Waals surface area (Å²) < 4.78 is 16.6. The van der Waals surface area contributed by atoms with Crippen molar-refractivity contribution in [2.24, 2.45) is 0 Å². The Morgan fingerprint density at radius 2 is 1.70 bits per heavy atom. The molecule has 0 bridgehead atoms. The molecule has 0 unspecified atom stereocenters. The second-order valence-electron chi connectivity index (χ2n) is 7.86. The van der Waals surface area contributed by atoms with Gasteiger partial charge in [-0.2, -0.15) is 0 Å². The number of nitrogens with one attached hydrogen (secondary N) is 1. The zero-order chi connectivity index (χ0) is 20.6. The van der Waals surface area contributed by atoms with Crippen LogP contribution in [-0.4, -0.2) is 37.6 Å². The molecule has 5 rings (SSSR count). The molecular weight excluding hydrogens is 382 g/mol. The number of benzene rings is 3. The maximum atomic E-state index is 13.0. The number of carbonyl (C=O) groups excluding carboxylic acids is 1. The SMILES string of the molecule is O=C(NCC1(c2ccc3c(c2)OCO3)CCOCC1)c1cc2ccccc2cc1O. The summed E-state index contributed by atoms with van der Waals surface area (Å²) in [5, 5.41) is 15.3. The third kappa shape index (κ3) is 3.33. The van der Waals surface area contributed by atoms with E-state index in [-0.39, 0.29) is 29.4 Å². The summed E-state index contributed by atoms with van der Waals surface area (Å²) in [5.74, 6) is 1.17. The van der Waals surface area contributed by atoms with Gasteiger partial charge in [-0.15, -0.1) is 0 Å². The molecule has 0 saturated carbocycles. The number of hydrogen-bond donors (Lipinski definition) is 2. The summed E-state index contributed by atoms with van der Waals surface area (Å²) in [6.45, 7) is 1.94. The number of carbonyl (C=O) groups is 1. The first-order chi connectivity index (χ1) is 14.6. The number of ether oxygens (including phenoxy) is 3. The summed E-state index contributed by atoms with van der Waals surface area (Å²) in [6, 6.07) is 17.0. The Morgan fingerprint density at radius 1 is 0.967 bits per heavy atom. The van der Waals surface area contributed by atoms with Gasteiger partial charge in [0.15, 0.2) is 11.5 Å². The number of hydrogen-bond acceptors (Lipinski definition) is 5. The summed E-state index contributed by atoms with van der Waals surface area (Å²) in [4.78, 5) is 13.0. The zero-order valence-corrected chi connectivity index (χ0v) is 16.5. The number of aromatic hydroxyl groups is 1. The number of amides is 1. The molecule has 2 aliphatic rings.